The lowest BCUT2D eigenvalue weighted by Gasteiger charge is -2.33. The summed E-state index contributed by atoms with van der Waals surface area (Å²) >= 11 is 0. The van der Waals surface area contributed by atoms with E-state index < -0.39 is 10.0 Å². The third-order valence-electron chi connectivity index (χ3n) is 6.35. The largest absolute Gasteiger partial charge is 0.339 e. The highest BCUT2D eigenvalue weighted by atomic mass is 32.2. The van der Waals surface area contributed by atoms with Crippen LogP contribution in [0.2, 0.25) is 0 Å². The first-order valence-corrected chi connectivity index (χ1v) is 12.9. The summed E-state index contributed by atoms with van der Waals surface area (Å²) in [7, 11) is -2.06. The van der Waals surface area contributed by atoms with Crippen LogP contribution in [0.15, 0.2) is 89.8 Å². The molecule has 3 aromatic rings. The minimum Gasteiger partial charge on any atom is -0.339 e. The van der Waals surface area contributed by atoms with Gasteiger partial charge in [0.1, 0.15) is 0 Å². The zero-order valence-corrected chi connectivity index (χ0v) is 19.7. The predicted octanol–water partition coefficient (Wildman–Crippen LogP) is 5.49. The minimum atomic E-state index is -3.90. The van der Waals surface area contributed by atoms with Crippen LogP contribution >= 0.6 is 0 Å². The van der Waals surface area contributed by atoms with Gasteiger partial charge < -0.3 is 4.90 Å². The molecular formula is C27H30N2O3S. The van der Waals surface area contributed by atoms with Crippen LogP contribution in [0, 0.1) is 0 Å². The van der Waals surface area contributed by atoms with Crippen LogP contribution < -0.4 is 4.31 Å². The molecular weight excluding hydrogens is 432 g/mol. The van der Waals surface area contributed by atoms with Crippen molar-refractivity contribution in [2.24, 2.45) is 0 Å². The van der Waals surface area contributed by atoms with E-state index >= 15 is 0 Å². The molecule has 0 aromatic heterocycles. The van der Waals surface area contributed by atoms with Gasteiger partial charge in [-0.15, -0.1) is 0 Å². The Morgan fingerprint density at radius 2 is 1.39 bits per heavy atom. The molecule has 1 aliphatic carbocycles. The fourth-order valence-corrected chi connectivity index (χ4v) is 5.96. The Kier molecular flexibility index (Phi) is 7.14. The Bertz CT molecular complexity index is 1170. The minimum absolute atomic E-state index is 0.134. The Morgan fingerprint density at radius 3 is 2.06 bits per heavy atom. The first-order chi connectivity index (χ1) is 16.0. The molecule has 33 heavy (non-hydrogen) atoms. The standard InChI is InChI=1S/C27H30N2O3S/c1-28(23-15-7-3-8-16-23)27(30)25-19-11-12-20-26(25)29(21-22-13-5-2-6-14-22)33(31,32)24-17-9-4-10-18-24/h2,4-6,9-14,17-20,23H,3,7-8,15-16,21H2,1H3. The third-order valence-corrected chi connectivity index (χ3v) is 8.12. The summed E-state index contributed by atoms with van der Waals surface area (Å²) < 4.78 is 28.9. The van der Waals surface area contributed by atoms with Crippen molar-refractivity contribution < 1.29 is 13.2 Å². The molecule has 4 rings (SSSR count). The van der Waals surface area contributed by atoms with E-state index in [4.69, 9.17) is 0 Å². The molecule has 0 N–H and O–H groups in total. The summed E-state index contributed by atoms with van der Waals surface area (Å²) in [4.78, 5) is 15.6. The molecule has 0 aliphatic heterocycles. The van der Waals surface area contributed by atoms with Gasteiger partial charge in [-0.1, -0.05) is 79.9 Å². The van der Waals surface area contributed by atoms with Gasteiger partial charge in [-0.05, 0) is 42.7 Å². The SMILES string of the molecule is CN(C(=O)c1ccccc1N(Cc1ccccc1)S(=O)(=O)c1ccccc1)C1CCCCC1. The second-order valence-corrected chi connectivity index (χ2v) is 10.4. The van der Waals surface area contributed by atoms with Gasteiger partial charge in [0.25, 0.3) is 15.9 Å². The molecule has 1 saturated carbocycles. The molecule has 6 heteroatoms. The molecule has 0 heterocycles. The summed E-state index contributed by atoms with van der Waals surface area (Å²) in [6.07, 6.45) is 5.41. The van der Waals surface area contributed by atoms with Gasteiger partial charge in [-0.2, -0.15) is 0 Å². The Morgan fingerprint density at radius 1 is 0.818 bits per heavy atom. The predicted molar refractivity (Wildman–Crippen MR) is 132 cm³/mol. The molecule has 0 atom stereocenters. The van der Waals surface area contributed by atoms with Crippen molar-refractivity contribution in [2.45, 2.75) is 49.6 Å². The van der Waals surface area contributed by atoms with Gasteiger partial charge in [0, 0.05) is 13.1 Å². The number of amides is 1. The molecule has 1 amide bonds. The van der Waals surface area contributed by atoms with Crippen molar-refractivity contribution in [2.75, 3.05) is 11.4 Å². The highest BCUT2D eigenvalue weighted by molar-refractivity contribution is 7.92. The number of para-hydroxylation sites is 1. The van der Waals surface area contributed by atoms with E-state index in [0.717, 1.165) is 31.2 Å². The van der Waals surface area contributed by atoms with Gasteiger partial charge in [0.05, 0.1) is 22.7 Å². The molecule has 0 unspecified atom stereocenters. The van der Waals surface area contributed by atoms with E-state index in [0.29, 0.717) is 11.3 Å². The summed E-state index contributed by atoms with van der Waals surface area (Å²) in [5.74, 6) is -0.140. The van der Waals surface area contributed by atoms with Crippen molar-refractivity contribution in [1.29, 1.82) is 0 Å². The van der Waals surface area contributed by atoms with Gasteiger partial charge in [-0.25, -0.2) is 8.42 Å². The molecule has 0 radical (unpaired) electrons. The molecule has 172 valence electrons. The van der Waals surface area contributed by atoms with Crippen LogP contribution in [0.4, 0.5) is 5.69 Å². The molecule has 1 aliphatic rings. The van der Waals surface area contributed by atoms with Gasteiger partial charge in [-0.3, -0.25) is 9.10 Å². The number of rotatable bonds is 7. The zero-order valence-electron chi connectivity index (χ0n) is 18.9. The van der Waals surface area contributed by atoms with Crippen molar-refractivity contribution in [3.63, 3.8) is 0 Å². The van der Waals surface area contributed by atoms with E-state index in [1.54, 1.807) is 59.5 Å². The van der Waals surface area contributed by atoms with Crippen LogP contribution in [-0.2, 0) is 16.6 Å². The Labute approximate surface area is 196 Å². The second-order valence-electron chi connectivity index (χ2n) is 8.54. The van der Waals surface area contributed by atoms with Gasteiger partial charge in [0.2, 0.25) is 0 Å². The van der Waals surface area contributed by atoms with E-state index in [1.165, 1.54) is 10.7 Å². The first kappa shape index (κ1) is 23.1. The Hall–Kier alpha value is -3.12. The summed E-state index contributed by atoms with van der Waals surface area (Å²) in [5.41, 5.74) is 1.65. The quantitative estimate of drug-likeness (QED) is 0.467. The molecule has 3 aromatic carbocycles. The van der Waals surface area contributed by atoms with Crippen LogP contribution in [0.5, 0.6) is 0 Å². The van der Waals surface area contributed by atoms with Gasteiger partial charge in [0.15, 0.2) is 0 Å². The average molecular weight is 463 g/mol. The molecule has 0 bridgehead atoms. The molecule has 5 nitrogen and oxygen atoms in total. The summed E-state index contributed by atoms with van der Waals surface area (Å²) in [6.45, 7) is 0.134. The second kappa shape index (κ2) is 10.2. The van der Waals surface area contributed by atoms with E-state index in [-0.39, 0.29) is 23.4 Å². The third kappa shape index (κ3) is 5.11. The number of nitrogens with zero attached hydrogens (tertiary/aromatic N) is 2. The maximum absolute atomic E-state index is 13.8. The number of carbonyl (C=O) groups is 1. The number of anilines is 1. The molecule has 0 saturated heterocycles. The number of sulfonamides is 1. The maximum Gasteiger partial charge on any atom is 0.264 e. The smallest absolute Gasteiger partial charge is 0.264 e. The van der Waals surface area contributed by atoms with Gasteiger partial charge >= 0.3 is 0 Å². The highest BCUT2D eigenvalue weighted by Crippen LogP contribution is 2.31. The maximum atomic E-state index is 13.8. The fraction of sp³-hybridized carbons (Fsp3) is 0.296. The van der Waals surface area contributed by atoms with Crippen molar-refractivity contribution in [3.8, 4) is 0 Å². The normalized spacial score (nSPS) is 14.6. The van der Waals surface area contributed by atoms with E-state index in [1.807, 2.05) is 37.4 Å². The lowest BCUT2D eigenvalue weighted by Crippen LogP contribution is -2.39. The van der Waals surface area contributed by atoms with Crippen LogP contribution in [0.1, 0.15) is 48.0 Å². The lowest BCUT2D eigenvalue weighted by molar-refractivity contribution is 0.0697. The van der Waals surface area contributed by atoms with E-state index in [2.05, 4.69) is 0 Å². The number of carbonyl (C=O) groups excluding carboxylic acids is 1. The lowest BCUT2D eigenvalue weighted by atomic mass is 9.94. The van der Waals surface area contributed by atoms with Crippen LogP contribution in [-0.4, -0.2) is 32.3 Å². The van der Waals surface area contributed by atoms with Crippen molar-refractivity contribution in [1.82, 2.24) is 4.90 Å². The fourth-order valence-electron chi connectivity index (χ4n) is 4.46. The highest BCUT2D eigenvalue weighted by Gasteiger charge is 2.31. The molecule has 0 spiro atoms. The topological polar surface area (TPSA) is 57.7 Å². The number of hydrogen-bond acceptors (Lipinski definition) is 3. The van der Waals surface area contributed by atoms with Crippen LogP contribution in [0.3, 0.4) is 0 Å². The van der Waals surface area contributed by atoms with Crippen LogP contribution in [0.25, 0.3) is 0 Å². The molecule has 1 fully saturated rings. The number of benzene rings is 3. The van der Waals surface area contributed by atoms with E-state index in [9.17, 15) is 13.2 Å². The summed E-state index contributed by atoms with van der Waals surface area (Å²) in [6, 6.07) is 25.1. The summed E-state index contributed by atoms with van der Waals surface area (Å²) in [5, 5.41) is 0. The van der Waals surface area contributed by atoms with Crippen molar-refractivity contribution >= 4 is 21.6 Å². The Balaban J connectivity index is 1.77. The zero-order chi connectivity index (χ0) is 23.3. The monoisotopic (exact) mass is 462 g/mol. The number of hydrogen-bond donors (Lipinski definition) is 0. The first-order valence-electron chi connectivity index (χ1n) is 11.5. The van der Waals surface area contributed by atoms with Crippen molar-refractivity contribution in [3.05, 3.63) is 96.1 Å². The average Bonchev–Trinajstić information content (AvgIpc) is 2.88.